The lowest BCUT2D eigenvalue weighted by atomic mass is 10.2. The van der Waals surface area contributed by atoms with E-state index in [0.717, 1.165) is 12.8 Å². The molecule has 0 bridgehead atoms. The highest BCUT2D eigenvalue weighted by atomic mass is 16.6. The van der Waals surface area contributed by atoms with Gasteiger partial charge in [0.2, 0.25) is 0 Å². The van der Waals surface area contributed by atoms with Crippen LogP contribution in [0.15, 0.2) is 0 Å². The fourth-order valence-electron chi connectivity index (χ4n) is 1.23. The average Bonchev–Trinajstić information content (AvgIpc) is 2.00. The summed E-state index contributed by atoms with van der Waals surface area (Å²) >= 11 is 0. The molecule has 1 atom stereocenters. The van der Waals surface area contributed by atoms with Gasteiger partial charge in [0.05, 0.1) is 0 Å². The number of hydrogen-bond acceptors (Lipinski definition) is 3. The predicted molar refractivity (Wildman–Crippen MR) is 61.7 cm³/mol. The van der Waals surface area contributed by atoms with Crippen LogP contribution in [-0.2, 0) is 4.74 Å². The monoisotopic (exact) mass is 216 g/mol. The molecule has 15 heavy (non-hydrogen) atoms. The molecule has 4 heteroatoms. The molecule has 0 heterocycles. The van der Waals surface area contributed by atoms with E-state index in [4.69, 9.17) is 10.5 Å². The second-order valence-corrected chi connectivity index (χ2v) is 4.91. The third-order valence-corrected chi connectivity index (χ3v) is 1.87. The molecule has 0 aromatic heterocycles. The number of carbonyl (C=O) groups excluding carboxylic acids is 1. The standard InChI is InChI=1S/C11H24N2O2/c1-6-7-9(12)8-13(5)10(14)15-11(2,3)4/h9H,6-8,12H2,1-5H3. The van der Waals surface area contributed by atoms with E-state index in [-0.39, 0.29) is 12.1 Å². The van der Waals surface area contributed by atoms with Gasteiger partial charge in [-0.2, -0.15) is 0 Å². The van der Waals surface area contributed by atoms with Gasteiger partial charge in [-0.05, 0) is 27.2 Å². The Kier molecular flexibility index (Phi) is 5.65. The smallest absolute Gasteiger partial charge is 0.410 e. The maximum absolute atomic E-state index is 11.5. The first-order valence-corrected chi connectivity index (χ1v) is 5.46. The highest BCUT2D eigenvalue weighted by molar-refractivity contribution is 5.67. The third kappa shape index (κ3) is 7.19. The van der Waals surface area contributed by atoms with Gasteiger partial charge in [-0.15, -0.1) is 0 Å². The van der Waals surface area contributed by atoms with E-state index >= 15 is 0 Å². The number of nitrogens with zero attached hydrogens (tertiary/aromatic N) is 1. The molecular weight excluding hydrogens is 192 g/mol. The molecule has 0 saturated carbocycles. The fourth-order valence-corrected chi connectivity index (χ4v) is 1.23. The predicted octanol–water partition coefficient (Wildman–Crippen LogP) is 1.98. The van der Waals surface area contributed by atoms with E-state index in [1.54, 1.807) is 7.05 Å². The number of rotatable bonds is 4. The number of likely N-dealkylation sites (N-methyl/N-ethyl adjacent to an activating group) is 1. The summed E-state index contributed by atoms with van der Waals surface area (Å²) in [5, 5.41) is 0. The number of nitrogens with two attached hydrogens (primary N) is 1. The molecule has 2 N–H and O–H groups in total. The zero-order valence-corrected chi connectivity index (χ0v) is 10.5. The van der Waals surface area contributed by atoms with E-state index in [1.807, 2.05) is 20.8 Å². The van der Waals surface area contributed by atoms with Gasteiger partial charge in [0.1, 0.15) is 5.60 Å². The molecular formula is C11H24N2O2. The zero-order valence-electron chi connectivity index (χ0n) is 10.5. The van der Waals surface area contributed by atoms with E-state index in [2.05, 4.69) is 6.92 Å². The zero-order chi connectivity index (χ0) is 12.1. The van der Waals surface area contributed by atoms with E-state index in [1.165, 1.54) is 4.90 Å². The fraction of sp³-hybridized carbons (Fsp3) is 0.909. The van der Waals surface area contributed by atoms with Gasteiger partial charge in [0.25, 0.3) is 0 Å². The molecule has 90 valence electrons. The molecule has 0 aliphatic rings. The van der Waals surface area contributed by atoms with Gasteiger partial charge in [-0.1, -0.05) is 13.3 Å². The van der Waals surface area contributed by atoms with Crippen LogP contribution in [-0.4, -0.2) is 36.2 Å². The van der Waals surface area contributed by atoms with E-state index < -0.39 is 5.60 Å². The van der Waals surface area contributed by atoms with Crippen molar-refractivity contribution in [1.29, 1.82) is 0 Å². The molecule has 0 spiro atoms. The molecule has 0 radical (unpaired) electrons. The van der Waals surface area contributed by atoms with E-state index in [9.17, 15) is 4.79 Å². The van der Waals surface area contributed by atoms with Crippen LogP contribution < -0.4 is 5.73 Å². The molecule has 0 aliphatic heterocycles. The minimum absolute atomic E-state index is 0.0347. The van der Waals surface area contributed by atoms with Crippen molar-refractivity contribution in [1.82, 2.24) is 4.90 Å². The summed E-state index contributed by atoms with van der Waals surface area (Å²) in [4.78, 5) is 13.1. The summed E-state index contributed by atoms with van der Waals surface area (Å²) in [6, 6.07) is 0.0347. The third-order valence-electron chi connectivity index (χ3n) is 1.87. The van der Waals surface area contributed by atoms with Crippen LogP contribution in [0.25, 0.3) is 0 Å². The Labute approximate surface area is 92.8 Å². The van der Waals surface area contributed by atoms with Crippen molar-refractivity contribution in [3.05, 3.63) is 0 Å². The van der Waals surface area contributed by atoms with Crippen molar-refractivity contribution in [3.8, 4) is 0 Å². The number of carbonyl (C=O) groups is 1. The summed E-state index contributed by atoms with van der Waals surface area (Å²) in [7, 11) is 1.71. The van der Waals surface area contributed by atoms with Gasteiger partial charge < -0.3 is 15.4 Å². The maximum atomic E-state index is 11.5. The Bertz CT molecular complexity index is 199. The van der Waals surface area contributed by atoms with Crippen molar-refractivity contribution >= 4 is 6.09 Å². The molecule has 1 amide bonds. The average molecular weight is 216 g/mol. The van der Waals surface area contributed by atoms with Crippen LogP contribution in [0.5, 0.6) is 0 Å². The number of ether oxygens (including phenoxy) is 1. The van der Waals surface area contributed by atoms with Crippen molar-refractivity contribution in [3.63, 3.8) is 0 Å². The second kappa shape index (κ2) is 5.95. The summed E-state index contributed by atoms with van der Waals surface area (Å²) in [5.74, 6) is 0. The molecule has 0 aromatic carbocycles. The summed E-state index contributed by atoms with van der Waals surface area (Å²) in [5.41, 5.74) is 5.39. The Morgan fingerprint density at radius 1 is 1.47 bits per heavy atom. The molecule has 0 fully saturated rings. The Hall–Kier alpha value is -0.770. The van der Waals surface area contributed by atoms with Crippen molar-refractivity contribution in [2.24, 2.45) is 5.73 Å². The van der Waals surface area contributed by atoms with Crippen molar-refractivity contribution in [2.75, 3.05) is 13.6 Å². The lowest BCUT2D eigenvalue weighted by molar-refractivity contribution is 0.0288. The van der Waals surface area contributed by atoms with Gasteiger partial charge in [0, 0.05) is 19.6 Å². The number of hydrogen-bond donors (Lipinski definition) is 1. The highest BCUT2D eigenvalue weighted by Gasteiger charge is 2.20. The maximum Gasteiger partial charge on any atom is 0.410 e. The van der Waals surface area contributed by atoms with Crippen LogP contribution in [0, 0.1) is 0 Å². The van der Waals surface area contributed by atoms with Gasteiger partial charge >= 0.3 is 6.09 Å². The first-order chi connectivity index (χ1) is 6.76. The van der Waals surface area contributed by atoms with Crippen molar-refractivity contribution < 1.29 is 9.53 Å². The molecule has 0 saturated heterocycles. The lowest BCUT2D eigenvalue weighted by Crippen LogP contribution is -2.41. The topological polar surface area (TPSA) is 55.6 Å². The molecule has 0 rings (SSSR count). The Morgan fingerprint density at radius 3 is 2.40 bits per heavy atom. The Morgan fingerprint density at radius 2 is 2.00 bits per heavy atom. The molecule has 0 aromatic rings. The first-order valence-electron chi connectivity index (χ1n) is 5.46. The quantitative estimate of drug-likeness (QED) is 0.781. The molecule has 4 nitrogen and oxygen atoms in total. The molecule has 1 unspecified atom stereocenters. The molecule has 0 aliphatic carbocycles. The summed E-state index contributed by atoms with van der Waals surface area (Å²) < 4.78 is 5.21. The number of amides is 1. The van der Waals surface area contributed by atoms with Crippen molar-refractivity contribution in [2.45, 2.75) is 52.2 Å². The lowest BCUT2D eigenvalue weighted by Gasteiger charge is -2.26. The first kappa shape index (κ1) is 14.2. The second-order valence-electron chi connectivity index (χ2n) is 4.91. The minimum atomic E-state index is -0.444. The van der Waals surface area contributed by atoms with Gasteiger partial charge in [-0.25, -0.2) is 4.79 Å². The van der Waals surface area contributed by atoms with Crippen LogP contribution >= 0.6 is 0 Å². The van der Waals surface area contributed by atoms with Crippen LogP contribution in [0.3, 0.4) is 0 Å². The highest BCUT2D eigenvalue weighted by Crippen LogP contribution is 2.09. The summed E-state index contributed by atoms with van der Waals surface area (Å²) in [6.07, 6.45) is 1.64. The van der Waals surface area contributed by atoms with E-state index in [0.29, 0.717) is 6.54 Å². The van der Waals surface area contributed by atoms with Gasteiger partial charge in [0.15, 0.2) is 0 Å². The SMILES string of the molecule is CCCC(N)CN(C)C(=O)OC(C)(C)C. The largest absolute Gasteiger partial charge is 0.444 e. The minimum Gasteiger partial charge on any atom is -0.444 e. The van der Waals surface area contributed by atoms with Crippen LogP contribution in [0.1, 0.15) is 40.5 Å². The normalized spacial score (nSPS) is 13.5. The van der Waals surface area contributed by atoms with Crippen LogP contribution in [0.2, 0.25) is 0 Å². The van der Waals surface area contributed by atoms with Gasteiger partial charge in [-0.3, -0.25) is 0 Å². The Balaban J connectivity index is 3.99. The van der Waals surface area contributed by atoms with Crippen LogP contribution in [0.4, 0.5) is 4.79 Å². The summed E-state index contributed by atoms with van der Waals surface area (Å²) in [6.45, 7) is 8.18.